The second-order valence-electron chi connectivity index (χ2n) is 8.76. The van der Waals surface area contributed by atoms with E-state index in [2.05, 4.69) is 26.0 Å². The van der Waals surface area contributed by atoms with Crippen molar-refractivity contribution >= 4 is 46.4 Å². The maximum Gasteiger partial charge on any atom is 0.130 e. The Morgan fingerprint density at radius 3 is 1.23 bits per heavy atom. The zero-order chi connectivity index (χ0) is 29.1. The molecule has 1 N–H and O–H groups in total. The molecule has 4 aromatic rings. The van der Waals surface area contributed by atoms with Crippen molar-refractivity contribution < 1.29 is 5.11 Å². The Hall–Kier alpha value is -2.79. The normalized spacial score (nSPS) is 10.2. The summed E-state index contributed by atoms with van der Waals surface area (Å²) >= 11 is 23.7. The van der Waals surface area contributed by atoms with Crippen molar-refractivity contribution in [1.82, 2.24) is 19.9 Å². The molecule has 4 aromatic heterocycles. The molecule has 0 saturated carbocycles. The fourth-order valence-electron chi connectivity index (χ4n) is 3.64. The lowest BCUT2D eigenvalue weighted by molar-refractivity contribution is 0.318. The van der Waals surface area contributed by atoms with Crippen molar-refractivity contribution in [2.24, 2.45) is 0 Å². The molecule has 0 radical (unpaired) electrons. The summed E-state index contributed by atoms with van der Waals surface area (Å²) in [6.07, 6.45) is 0.642. The van der Waals surface area contributed by atoms with E-state index in [9.17, 15) is 5.26 Å². The van der Waals surface area contributed by atoms with Crippen LogP contribution in [-0.2, 0) is 6.42 Å². The van der Waals surface area contributed by atoms with E-state index >= 15 is 0 Å². The second-order valence-corrected chi connectivity index (χ2v) is 10.3. The van der Waals surface area contributed by atoms with E-state index in [1.54, 1.807) is 19.1 Å². The Bertz CT molecular complexity index is 1270. The molecule has 0 aliphatic rings. The van der Waals surface area contributed by atoms with Gasteiger partial charge in [-0.2, -0.15) is 5.26 Å². The number of nitriles is 1. The summed E-state index contributed by atoms with van der Waals surface area (Å²) in [4.78, 5) is 16.9. The largest absolute Gasteiger partial charge is 0.397 e. The Morgan fingerprint density at radius 2 is 0.949 bits per heavy atom. The average Bonchev–Trinajstić information content (AvgIpc) is 2.78. The van der Waals surface area contributed by atoms with Gasteiger partial charge in [-0.1, -0.05) is 46.4 Å². The van der Waals surface area contributed by atoms with Crippen LogP contribution in [-0.4, -0.2) is 31.6 Å². The maximum absolute atomic E-state index is 9.38. The molecule has 0 amide bonds. The lowest BCUT2D eigenvalue weighted by atomic mass is 9.99. The molecule has 4 rings (SSSR count). The number of aromatic nitrogens is 4. The third-order valence-corrected chi connectivity index (χ3v) is 5.76. The molecule has 0 unspecified atom stereocenters. The number of nitrogens with zero attached hydrogens (tertiary/aromatic N) is 5. The van der Waals surface area contributed by atoms with Crippen LogP contribution in [0.5, 0.6) is 0 Å². The quantitative estimate of drug-likeness (QED) is 0.237. The summed E-state index contributed by atoms with van der Waals surface area (Å²) in [5.41, 5.74) is 7.08. The smallest absolute Gasteiger partial charge is 0.130 e. The number of halogens is 4. The standard InChI is InChI=1S/C14H11Cl2N3.C13H12Cl2N2.C2H6O/c1-8-3-11(18-13(15)5-8)10(7-17)12-4-9(2)6-14(16)19-12;1-8-3-10(16-12(14)5-8)7-11-4-9(2)6-13(15)17-11;1-2-3/h3-6,10H,1-2H3;3-6H,7H2,1-2H3;3H,2H2,1H3. The first-order valence-corrected chi connectivity index (χ1v) is 13.5. The number of aliphatic hydroxyl groups excluding tert-OH is 1. The van der Waals surface area contributed by atoms with Crippen molar-refractivity contribution in [3.63, 3.8) is 0 Å². The maximum atomic E-state index is 9.38. The highest BCUT2D eigenvalue weighted by molar-refractivity contribution is 6.30. The number of hydrogen-bond donors (Lipinski definition) is 1. The Balaban J connectivity index is 0.000000250. The van der Waals surface area contributed by atoms with Gasteiger partial charge in [0, 0.05) is 24.4 Å². The fourth-order valence-corrected chi connectivity index (χ4v) is 4.74. The molecule has 0 aliphatic heterocycles. The highest BCUT2D eigenvalue weighted by Crippen LogP contribution is 2.25. The van der Waals surface area contributed by atoms with Crippen LogP contribution in [0.2, 0.25) is 20.6 Å². The van der Waals surface area contributed by atoms with Crippen LogP contribution in [0.3, 0.4) is 0 Å². The molecular weight excluding hydrogens is 576 g/mol. The van der Waals surface area contributed by atoms with Gasteiger partial charge in [-0.15, -0.1) is 0 Å². The zero-order valence-electron chi connectivity index (χ0n) is 22.3. The number of hydrogen-bond acceptors (Lipinski definition) is 6. The first-order valence-electron chi connectivity index (χ1n) is 12.0. The minimum atomic E-state index is -0.574. The number of aliphatic hydroxyl groups is 1. The van der Waals surface area contributed by atoms with Crippen molar-refractivity contribution in [3.8, 4) is 6.07 Å². The number of pyridine rings is 4. The van der Waals surface area contributed by atoms with E-state index in [0.717, 1.165) is 33.6 Å². The van der Waals surface area contributed by atoms with Gasteiger partial charge in [0.05, 0.1) is 17.5 Å². The van der Waals surface area contributed by atoms with E-state index in [0.29, 0.717) is 38.4 Å². The van der Waals surface area contributed by atoms with E-state index in [1.165, 1.54) is 0 Å². The van der Waals surface area contributed by atoms with Crippen LogP contribution in [0.25, 0.3) is 0 Å². The summed E-state index contributed by atoms with van der Waals surface area (Å²) in [5.74, 6) is -0.574. The number of rotatable bonds is 4. The van der Waals surface area contributed by atoms with Gasteiger partial charge in [-0.05, 0) is 105 Å². The summed E-state index contributed by atoms with van der Waals surface area (Å²) in [7, 11) is 0. The minimum absolute atomic E-state index is 0.250. The Kier molecular flexibility index (Phi) is 13.1. The molecule has 0 bridgehead atoms. The van der Waals surface area contributed by atoms with Crippen LogP contribution in [0.15, 0.2) is 48.5 Å². The van der Waals surface area contributed by atoms with E-state index < -0.39 is 5.92 Å². The Morgan fingerprint density at radius 1 is 0.641 bits per heavy atom. The van der Waals surface area contributed by atoms with Crippen LogP contribution >= 0.6 is 46.4 Å². The van der Waals surface area contributed by atoms with Crippen LogP contribution in [0.4, 0.5) is 0 Å². The van der Waals surface area contributed by atoms with Crippen molar-refractivity contribution in [2.75, 3.05) is 6.61 Å². The summed E-state index contributed by atoms with van der Waals surface area (Å²) in [6, 6.07) is 17.0. The van der Waals surface area contributed by atoms with Gasteiger partial charge < -0.3 is 5.11 Å². The van der Waals surface area contributed by atoms with Crippen LogP contribution in [0.1, 0.15) is 57.9 Å². The van der Waals surface area contributed by atoms with E-state index in [-0.39, 0.29) is 6.61 Å². The van der Waals surface area contributed by atoms with E-state index in [4.69, 9.17) is 51.5 Å². The Labute approximate surface area is 249 Å². The first-order chi connectivity index (χ1) is 18.4. The first kappa shape index (κ1) is 32.4. The minimum Gasteiger partial charge on any atom is -0.397 e. The van der Waals surface area contributed by atoms with Gasteiger partial charge in [-0.3, -0.25) is 0 Å². The van der Waals surface area contributed by atoms with Crippen molar-refractivity contribution in [2.45, 2.75) is 47.0 Å². The predicted octanol–water partition coefficient (Wildman–Crippen LogP) is 8.05. The molecule has 204 valence electrons. The molecule has 4 heterocycles. The number of aryl methyl sites for hydroxylation is 4. The van der Waals surface area contributed by atoms with Gasteiger partial charge in [0.15, 0.2) is 0 Å². The van der Waals surface area contributed by atoms with Crippen molar-refractivity contribution in [1.29, 1.82) is 5.26 Å². The lowest BCUT2D eigenvalue weighted by Gasteiger charge is -2.10. The lowest BCUT2D eigenvalue weighted by Crippen LogP contribution is -2.05. The van der Waals surface area contributed by atoms with Crippen LogP contribution in [0, 0.1) is 39.0 Å². The van der Waals surface area contributed by atoms with E-state index in [1.807, 2.05) is 64.1 Å². The summed E-state index contributed by atoms with van der Waals surface area (Å²) in [6.45, 7) is 9.73. The predicted molar refractivity (Wildman–Crippen MR) is 159 cm³/mol. The monoisotopic (exact) mass is 603 g/mol. The highest BCUT2D eigenvalue weighted by Gasteiger charge is 2.18. The topological polar surface area (TPSA) is 95.6 Å². The van der Waals surface area contributed by atoms with Gasteiger partial charge in [0.1, 0.15) is 26.5 Å². The summed E-state index contributed by atoms with van der Waals surface area (Å²) in [5, 5.41) is 18.7. The molecule has 0 aliphatic carbocycles. The van der Waals surface area contributed by atoms with Gasteiger partial charge >= 0.3 is 0 Å². The van der Waals surface area contributed by atoms with Crippen molar-refractivity contribution in [3.05, 3.63) is 114 Å². The second kappa shape index (κ2) is 15.7. The molecule has 0 spiro atoms. The molecule has 0 aromatic carbocycles. The summed E-state index contributed by atoms with van der Waals surface area (Å²) < 4.78 is 0. The highest BCUT2D eigenvalue weighted by atomic mass is 35.5. The third kappa shape index (κ3) is 11.1. The molecule has 6 nitrogen and oxygen atoms in total. The average molecular weight is 605 g/mol. The molecule has 0 atom stereocenters. The fraction of sp³-hybridized carbons (Fsp3) is 0.276. The van der Waals surface area contributed by atoms with Gasteiger partial charge in [0.2, 0.25) is 0 Å². The molecule has 39 heavy (non-hydrogen) atoms. The molecular formula is C29H29Cl4N5O. The van der Waals surface area contributed by atoms with Gasteiger partial charge in [0.25, 0.3) is 0 Å². The molecule has 0 saturated heterocycles. The zero-order valence-corrected chi connectivity index (χ0v) is 25.3. The molecule has 10 heteroatoms. The molecule has 0 fully saturated rings. The van der Waals surface area contributed by atoms with Crippen LogP contribution < -0.4 is 0 Å². The third-order valence-electron chi connectivity index (χ3n) is 4.98. The van der Waals surface area contributed by atoms with Gasteiger partial charge in [-0.25, -0.2) is 19.9 Å². The SMILES string of the molecule is CCO.Cc1cc(Cl)nc(C(C#N)c2cc(C)cc(Cl)n2)c1.Cc1cc(Cl)nc(Cc2cc(C)cc(Cl)n2)c1.